The van der Waals surface area contributed by atoms with Crippen LogP contribution in [0.5, 0.6) is 0 Å². The first-order chi connectivity index (χ1) is 9.58. The fourth-order valence-corrected chi connectivity index (χ4v) is 1.34. The molecule has 0 aliphatic carbocycles. The zero-order chi connectivity index (χ0) is 16.2. The lowest BCUT2D eigenvalue weighted by atomic mass is 10.0. The molecule has 1 atom stereocenters. The molecular formula is C11H19N3O7. The van der Waals surface area contributed by atoms with Gasteiger partial charge in [-0.15, -0.1) is 5.01 Å². The van der Waals surface area contributed by atoms with Crippen molar-refractivity contribution in [3.8, 4) is 0 Å². The minimum absolute atomic E-state index is 0.0486. The van der Waals surface area contributed by atoms with Gasteiger partial charge in [-0.3, -0.25) is 9.63 Å². The standard InChI is InChI=1S/C11H19N3O7/c1-7(19-10(17)20-11(2,3)4)21-12-14(18)13-5-8(6-13)9(15)16/h7-8H,5-6H2,1-4H3,(H,15,16)/b14-12-. The molecule has 1 aliphatic heterocycles. The zero-order valence-corrected chi connectivity index (χ0v) is 12.3. The van der Waals surface area contributed by atoms with Crippen molar-refractivity contribution in [2.75, 3.05) is 13.1 Å². The average Bonchev–Trinajstić information content (AvgIpc) is 2.20. The van der Waals surface area contributed by atoms with E-state index in [4.69, 9.17) is 14.6 Å². The van der Waals surface area contributed by atoms with E-state index in [2.05, 4.69) is 10.1 Å². The maximum absolute atomic E-state index is 11.4. The number of carbonyl (C=O) groups is 2. The van der Waals surface area contributed by atoms with Crippen LogP contribution in [-0.4, -0.2) is 52.2 Å². The maximum atomic E-state index is 11.4. The number of aliphatic carboxylic acids is 1. The lowest BCUT2D eigenvalue weighted by molar-refractivity contribution is -0.727. The number of carboxylic acid groups (broad SMARTS) is 1. The number of hydrogen-bond donors (Lipinski definition) is 1. The Labute approximate surface area is 121 Å². The largest absolute Gasteiger partial charge is 0.569 e. The molecule has 1 heterocycles. The highest BCUT2D eigenvalue weighted by Crippen LogP contribution is 2.15. The van der Waals surface area contributed by atoms with E-state index in [0.717, 1.165) is 5.01 Å². The fraction of sp³-hybridized carbons (Fsp3) is 0.818. The van der Waals surface area contributed by atoms with E-state index >= 15 is 0 Å². The smallest absolute Gasteiger partial charge is 0.511 e. The highest BCUT2D eigenvalue weighted by Gasteiger charge is 2.38. The van der Waals surface area contributed by atoms with Crippen molar-refractivity contribution in [2.24, 2.45) is 11.2 Å². The second kappa shape index (κ2) is 6.46. The Morgan fingerprint density at radius 3 is 2.48 bits per heavy atom. The second-order valence-electron chi connectivity index (χ2n) is 5.50. The van der Waals surface area contributed by atoms with E-state index in [9.17, 15) is 14.8 Å². The lowest BCUT2D eigenvalue weighted by Gasteiger charge is -2.31. The molecule has 0 amide bonds. The van der Waals surface area contributed by atoms with E-state index in [-0.39, 0.29) is 18.1 Å². The third kappa shape index (κ3) is 5.71. The molecule has 21 heavy (non-hydrogen) atoms. The van der Waals surface area contributed by atoms with Crippen molar-refractivity contribution < 1.29 is 34.0 Å². The number of hydrogen-bond acceptors (Lipinski definition) is 7. The molecule has 0 spiro atoms. The summed E-state index contributed by atoms with van der Waals surface area (Å²) in [6.07, 6.45) is -2.06. The van der Waals surface area contributed by atoms with Crippen molar-refractivity contribution in [1.82, 2.24) is 5.01 Å². The molecule has 0 aromatic heterocycles. The lowest BCUT2D eigenvalue weighted by Crippen LogP contribution is -2.53. The van der Waals surface area contributed by atoms with Gasteiger partial charge < -0.3 is 19.8 Å². The Hall–Kier alpha value is -2.26. The third-order valence-corrected chi connectivity index (χ3v) is 2.37. The van der Waals surface area contributed by atoms with Crippen LogP contribution < -0.4 is 0 Å². The van der Waals surface area contributed by atoms with Crippen LogP contribution in [0.15, 0.2) is 5.28 Å². The molecule has 1 unspecified atom stereocenters. The van der Waals surface area contributed by atoms with Gasteiger partial charge in [0.2, 0.25) is 5.28 Å². The predicted octanol–water partition coefficient (Wildman–Crippen LogP) is 1.11. The summed E-state index contributed by atoms with van der Waals surface area (Å²) in [6, 6.07) is 0. The summed E-state index contributed by atoms with van der Waals surface area (Å²) in [6.45, 7) is 6.47. The second-order valence-corrected chi connectivity index (χ2v) is 5.50. The summed E-state index contributed by atoms with van der Waals surface area (Å²) < 4.78 is 9.60. The van der Waals surface area contributed by atoms with Gasteiger partial charge in [0.1, 0.15) is 11.5 Å². The Kier molecular flexibility index (Phi) is 5.17. The molecule has 0 bridgehead atoms. The Morgan fingerprint density at radius 2 is 2.00 bits per heavy atom. The summed E-state index contributed by atoms with van der Waals surface area (Å²) in [7, 11) is 0. The van der Waals surface area contributed by atoms with Crippen LogP contribution in [0.25, 0.3) is 0 Å². The highest BCUT2D eigenvalue weighted by atomic mass is 16.8. The minimum atomic E-state index is -1.12. The highest BCUT2D eigenvalue weighted by molar-refractivity contribution is 5.71. The normalized spacial score (nSPS) is 17.7. The van der Waals surface area contributed by atoms with Gasteiger partial charge in [-0.2, -0.15) is 0 Å². The van der Waals surface area contributed by atoms with Crippen LogP contribution in [-0.2, 0) is 19.1 Å². The first-order valence-corrected chi connectivity index (χ1v) is 6.30. The average molecular weight is 305 g/mol. The van der Waals surface area contributed by atoms with Gasteiger partial charge >= 0.3 is 12.1 Å². The van der Waals surface area contributed by atoms with E-state index in [0.29, 0.717) is 0 Å². The van der Waals surface area contributed by atoms with Crippen molar-refractivity contribution >= 4 is 12.1 Å². The summed E-state index contributed by atoms with van der Waals surface area (Å²) in [5.41, 5.74) is -0.706. The molecule has 1 aliphatic rings. The van der Waals surface area contributed by atoms with Crippen molar-refractivity contribution in [3.63, 3.8) is 0 Å². The molecule has 10 heteroatoms. The Morgan fingerprint density at radius 1 is 1.43 bits per heavy atom. The molecule has 10 nitrogen and oxygen atoms in total. The maximum Gasteiger partial charge on any atom is 0.511 e. The topological polar surface area (TPSA) is 124 Å². The molecule has 1 N–H and O–H groups in total. The molecule has 1 rings (SSSR count). The molecule has 120 valence electrons. The van der Waals surface area contributed by atoms with E-state index < -0.39 is 29.9 Å². The summed E-state index contributed by atoms with van der Waals surface area (Å²) in [4.78, 5) is 26.7. The quantitative estimate of drug-likeness (QED) is 0.263. The third-order valence-electron chi connectivity index (χ3n) is 2.37. The van der Waals surface area contributed by atoms with Gasteiger partial charge in [0.15, 0.2) is 0 Å². The SMILES string of the molecule is CC(O/N=[N+](\[O-])N1CC(C(=O)O)C1)OC(=O)OC(C)(C)C. The van der Waals surface area contributed by atoms with Gasteiger partial charge in [-0.1, -0.05) is 0 Å². The Bertz CT molecular complexity index is 426. The number of carboxylic acids is 1. The number of hydrazine groups is 1. The first kappa shape index (κ1) is 16.8. The molecule has 0 aromatic carbocycles. The number of rotatable bonds is 5. The van der Waals surface area contributed by atoms with Gasteiger partial charge in [-0.05, 0) is 20.8 Å². The number of carbonyl (C=O) groups excluding carboxylic acids is 1. The molecule has 0 radical (unpaired) electrons. The monoisotopic (exact) mass is 305 g/mol. The Balaban J connectivity index is 2.32. The number of ether oxygens (including phenoxy) is 2. The summed E-state index contributed by atoms with van der Waals surface area (Å²) >= 11 is 0. The van der Waals surface area contributed by atoms with Gasteiger partial charge in [0, 0.05) is 6.92 Å². The van der Waals surface area contributed by atoms with Crippen LogP contribution in [0, 0.1) is 11.1 Å². The molecule has 0 saturated carbocycles. The summed E-state index contributed by atoms with van der Waals surface area (Å²) in [5.74, 6) is -1.56. The summed E-state index contributed by atoms with van der Waals surface area (Å²) in [5, 5.41) is 24.4. The molecule has 0 aromatic rings. The van der Waals surface area contributed by atoms with Gasteiger partial charge in [0.25, 0.3) is 6.29 Å². The molecular weight excluding hydrogens is 286 g/mol. The predicted molar refractivity (Wildman–Crippen MR) is 66.6 cm³/mol. The van der Waals surface area contributed by atoms with Crippen LogP contribution in [0.2, 0.25) is 0 Å². The zero-order valence-electron chi connectivity index (χ0n) is 12.3. The van der Waals surface area contributed by atoms with Crippen LogP contribution >= 0.6 is 0 Å². The molecule has 1 fully saturated rings. The van der Waals surface area contributed by atoms with E-state index in [1.54, 1.807) is 20.8 Å². The van der Waals surface area contributed by atoms with Crippen LogP contribution in [0.4, 0.5) is 4.79 Å². The van der Waals surface area contributed by atoms with Crippen LogP contribution in [0.3, 0.4) is 0 Å². The molecule has 1 saturated heterocycles. The van der Waals surface area contributed by atoms with Gasteiger partial charge in [0.05, 0.1) is 18.1 Å². The van der Waals surface area contributed by atoms with E-state index in [1.807, 2.05) is 0 Å². The number of nitrogens with zero attached hydrogens (tertiary/aromatic N) is 3. The fourth-order valence-electron chi connectivity index (χ4n) is 1.34. The van der Waals surface area contributed by atoms with Crippen molar-refractivity contribution in [2.45, 2.75) is 39.6 Å². The van der Waals surface area contributed by atoms with E-state index in [1.165, 1.54) is 6.92 Å². The van der Waals surface area contributed by atoms with Gasteiger partial charge in [-0.25, -0.2) is 4.79 Å². The van der Waals surface area contributed by atoms with Crippen LogP contribution in [0.1, 0.15) is 27.7 Å². The van der Waals surface area contributed by atoms with Crippen molar-refractivity contribution in [1.29, 1.82) is 0 Å². The minimum Gasteiger partial charge on any atom is -0.569 e. The van der Waals surface area contributed by atoms with Crippen molar-refractivity contribution in [3.05, 3.63) is 5.21 Å². The first-order valence-electron chi connectivity index (χ1n) is 6.30.